The summed E-state index contributed by atoms with van der Waals surface area (Å²) in [6.45, 7) is 4.30. The van der Waals surface area contributed by atoms with Gasteiger partial charge in [-0.25, -0.2) is 8.42 Å². The third-order valence-corrected chi connectivity index (χ3v) is 4.97. The van der Waals surface area contributed by atoms with Crippen molar-refractivity contribution in [2.45, 2.75) is 37.6 Å². The molecule has 7 heteroatoms. The van der Waals surface area contributed by atoms with Gasteiger partial charge in [0.25, 0.3) is 0 Å². The standard InChI is InChI=1S/C11H22N2O4S/c1-8(2)13-11(14)7-18(15,16)10-6-17-5-4-9(10)12-3/h8-10,12H,4-7H2,1-3H3,(H,13,14). The van der Waals surface area contributed by atoms with E-state index in [2.05, 4.69) is 10.6 Å². The lowest BCUT2D eigenvalue weighted by Gasteiger charge is -2.30. The average Bonchev–Trinajstić information content (AvgIpc) is 2.27. The highest BCUT2D eigenvalue weighted by Gasteiger charge is 2.36. The predicted molar refractivity (Wildman–Crippen MR) is 69.1 cm³/mol. The highest BCUT2D eigenvalue weighted by atomic mass is 32.2. The summed E-state index contributed by atoms with van der Waals surface area (Å²) in [5, 5.41) is 4.93. The first kappa shape index (κ1) is 15.4. The van der Waals surface area contributed by atoms with Gasteiger partial charge in [-0.3, -0.25) is 4.79 Å². The number of carbonyl (C=O) groups is 1. The Hall–Kier alpha value is -0.660. The van der Waals surface area contributed by atoms with E-state index in [0.29, 0.717) is 13.0 Å². The first-order valence-corrected chi connectivity index (χ1v) is 7.84. The van der Waals surface area contributed by atoms with Gasteiger partial charge in [-0.15, -0.1) is 0 Å². The minimum absolute atomic E-state index is 0.0598. The zero-order chi connectivity index (χ0) is 13.8. The maximum Gasteiger partial charge on any atom is 0.235 e. The maximum atomic E-state index is 12.2. The number of nitrogens with one attached hydrogen (secondary N) is 2. The van der Waals surface area contributed by atoms with Crippen molar-refractivity contribution in [3.8, 4) is 0 Å². The fourth-order valence-corrected chi connectivity index (χ4v) is 3.79. The minimum atomic E-state index is -3.49. The Labute approximate surface area is 108 Å². The number of carbonyl (C=O) groups excluding carboxylic acids is 1. The molecule has 0 aliphatic carbocycles. The number of hydrogen-bond acceptors (Lipinski definition) is 5. The van der Waals surface area contributed by atoms with Crippen LogP contribution in [-0.2, 0) is 19.4 Å². The van der Waals surface area contributed by atoms with Crippen LogP contribution in [0.15, 0.2) is 0 Å². The van der Waals surface area contributed by atoms with Gasteiger partial charge in [0, 0.05) is 18.7 Å². The Balaban J connectivity index is 2.69. The monoisotopic (exact) mass is 278 g/mol. The molecule has 2 N–H and O–H groups in total. The van der Waals surface area contributed by atoms with Gasteiger partial charge in [0.1, 0.15) is 11.0 Å². The molecule has 18 heavy (non-hydrogen) atoms. The van der Waals surface area contributed by atoms with Crippen LogP contribution in [0.4, 0.5) is 0 Å². The molecular formula is C11H22N2O4S. The van der Waals surface area contributed by atoms with Crippen LogP contribution in [0.25, 0.3) is 0 Å². The largest absolute Gasteiger partial charge is 0.380 e. The molecule has 1 rings (SSSR count). The second-order valence-corrected chi connectivity index (χ2v) is 7.05. The van der Waals surface area contributed by atoms with Crippen LogP contribution in [0, 0.1) is 0 Å². The van der Waals surface area contributed by atoms with E-state index in [1.54, 1.807) is 20.9 Å². The van der Waals surface area contributed by atoms with Gasteiger partial charge >= 0.3 is 0 Å². The minimum Gasteiger partial charge on any atom is -0.380 e. The molecule has 0 aromatic rings. The van der Waals surface area contributed by atoms with E-state index in [9.17, 15) is 13.2 Å². The molecule has 1 aliphatic heterocycles. The molecule has 0 aromatic carbocycles. The van der Waals surface area contributed by atoms with Gasteiger partial charge in [0.05, 0.1) is 6.61 Å². The smallest absolute Gasteiger partial charge is 0.235 e. The lowest BCUT2D eigenvalue weighted by molar-refractivity contribution is -0.119. The number of amides is 1. The van der Waals surface area contributed by atoms with Gasteiger partial charge < -0.3 is 15.4 Å². The van der Waals surface area contributed by atoms with Crippen molar-refractivity contribution in [1.29, 1.82) is 0 Å². The zero-order valence-corrected chi connectivity index (χ0v) is 11.9. The summed E-state index contributed by atoms with van der Waals surface area (Å²) >= 11 is 0. The molecule has 6 nitrogen and oxygen atoms in total. The van der Waals surface area contributed by atoms with E-state index in [1.807, 2.05) is 0 Å². The number of rotatable bonds is 5. The highest BCUT2D eigenvalue weighted by molar-refractivity contribution is 7.92. The second-order valence-electron chi connectivity index (χ2n) is 4.83. The summed E-state index contributed by atoms with van der Waals surface area (Å²) in [6.07, 6.45) is 0.645. The third kappa shape index (κ3) is 4.22. The Bertz CT molecular complexity index is 381. The summed E-state index contributed by atoms with van der Waals surface area (Å²) in [5.74, 6) is -0.928. The molecule has 106 valence electrons. The molecule has 1 amide bonds. The molecule has 0 aromatic heterocycles. The fourth-order valence-electron chi connectivity index (χ4n) is 2.05. The van der Waals surface area contributed by atoms with Crippen LogP contribution in [0.2, 0.25) is 0 Å². The molecule has 2 atom stereocenters. The normalized spacial score (nSPS) is 25.1. The maximum absolute atomic E-state index is 12.2. The second kappa shape index (κ2) is 6.49. The molecule has 1 saturated heterocycles. The van der Waals surface area contributed by atoms with Gasteiger partial charge in [-0.1, -0.05) is 0 Å². The molecule has 2 unspecified atom stereocenters. The lowest BCUT2D eigenvalue weighted by Crippen LogP contribution is -2.51. The molecule has 0 saturated carbocycles. The summed E-state index contributed by atoms with van der Waals surface area (Å²) in [6, 6.07) is -0.203. The molecule has 1 heterocycles. The molecule has 1 aliphatic rings. The van der Waals surface area contributed by atoms with Crippen LogP contribution in [0.1, 0.15) is 20.3 Å². The number of ether oxygens (including phenoxy) is 1. The van der Waals surface area contributed by atoms with E-state index < -0.39 is 26.7 Å². The van der Waals surface area contributed by atoms with Gasteiger partial charge in [-0.2, -0.15) is 0 Å². The Morgan fingerprint density at radius 1 is 1.44 bits per heavy atom. The Morgan fingerprint density at radius 2 is 2.11 bits per heavy atom. The average molecular weight is 278 g/mol. The third-order valence-electron chi connectivity index (χ3n) is 2.92. The van der Waals surface area contributed by atoms with Crippen LogP contribution < -0.4 is 10.6 Å². The quantitative estimate of drug-likeness (QED) is 0.695. The summed E-state index contributed by atoms with van der Waals surface area (Å²) < 4.78 is 29.5. The van der Waals surface area contributed by atoms with E-state index in [1.165, 1.54) is 0 Å². The van der Waals surface area contributed by atoms with Crippen molar-refractivity contribution >= 4 is 15.7 Å². The SMILES string of the molecule is CNC1CCOCC1S(=O)(=O)CC(=O)NC(C)C. The van der Waals surface area contributed by atoms with Crippen molar-refractivity contribution in [1.82, 2.24) is 10.6 Å². The summed E-state index contributed by atoms with van der Waals surface area (Å²) in [5.41, 5.74) is 0. The van der Waals surface area contributed by atoms with Crippen LogP contribution in [0.3, 0.4) is 0 Å². The van der Waals surface area contributed by atoms with Crippen molar-refractivity contribution in [3.63, 3.8) is 0 Å². The Morgan fingerprint density at radius 3 is 2.67 bits per heavy atom. The number of hydrogen-bond donors (Lipinski definition) is 2. The number of sulfone groups is 1. The van der Waals surface area contributed by atoms with E-state index in [4.69, 9.17) is 4.74 Å². The predicted octanol–water partition coefficient (Wildman–Crippen LogP) is -0.697. The first-order chi connectivity index (χ1) is 8.36. The van der Waals surface area contributed by atoms with Crippen LogP contribution in [0.5, 0.6) is 0 Å². The molecule has 0 radical (unpaired) electrons. The van der Waals surface area contributed by atoms with Crippen molar-refractivity contribution < 1.29 is 17.9 Å². The molecule has 1 fully saturated rings. The zero-order valence-electron chi connectivity index (χ0n) is 11.1. The summed E-state index contributed by atoms with van der Waals surface area (Å²) in [7, 11) is -1.76. The summed E-state index contributed by atoms with van der Waals surface area (Å²) in [4.78, 5) is 11.6. The molecule has 0 spiro atoms. The van der Waals surface area contributed by atoms with Gasteiger partial charge in [-0.05, 0) is 27.3 Å². The van der Waals surface area contributed by atoms with Gasteiger partial charge in [0.15, 0.2) is 9.84 Å². The molecule has 0 bridgehead atoms. The van der Waals surface area contributed by atoms with Gasteiger partial charge in [0.2, 0.25) is 5.91 Å². The Kier molecular flexibility index (Phi) is 5.55. The fraction of sp³-hybridized carbons (Fsp3) is 0.909. The van der Waals surface area contributed by atoms with Crippen molar-refractivity contribution in [3.05, 3.63) is 0 Å². The highest BCUT2D eigenvalue weighted by Crippen LogP contribution is 2.16. The van der Waals surface area contributed by atoms with E-state index in [0.717, 1.165) is 0 Å². The van der Waals surface area contributed by atoms with Crippen LogP contribution in [-0.4, -0.2) is 57.7 Å². The molecular weight excluding hydrogens is 256 g/mol. The van der Waals surface area contributed by atoms with Crippen molar-refractivity contribution in [2.75, 3.05) is 26.0 Å². The van der Waals surface area contributed by atoms with E-state index >= 15 is 0 Å². The first-order valence-electron chi connectivity index (χ1n) is 6.12. The lowest BCUT2D eigenvalue weighted by atomic mass is 10.1. The van der Waals surface area contributed by atoms with E-state index in [-0.39, 0.29) is 18.7 Å². The van der Waals surface area contributed by atoms with Crippen molar-refractivity contribution in [2.24, 2.45) is 0 Å². The topological polar surface area (TPSA) is 84.5 Å². The van der Waals surface area contributed by atoms with Crippen LogP contribution >= 0.6 is 0 Å².